The SMILES string of the molecule is CCF.[CH3-].[Rf].[Rf].[Rf].[Rf]. The van der Waals surface area contributed by atoms with Crippen molar-refractivity contribution >= 4 is 0 Å². The van der Waals surface area contributed by atoms with Crippen LogP contribution in [0.3, 0.4) is 0 Å². The Morgan fingerprint density at radius 3 is 1.00 bits per heavy atom. The van der Waals surface area contributed by atoms with Gasteiger partial charge in [0.1, 0.15) is 0 Å². The van der Waals surface area contributed by atoms with E-state index in [0.29, 0.717) is 0 Å². The van der Waals surface area contributed by atoms with Crippen LogP contribution < -0.4 is 0 Å². The van der Waals surface area contributed by atoms with Crippen LogP contribution in [0.1, 0.15) is 6.92 Å². The Hall–Kier alpha value is -4.07. The minimum Gasteiger partial charge on any atom is -0.358 e. The standard InChI is InChI=1S/C2H5F.CH3.4Rf/c1-2-3;;;;;/h2H2,1H3;1H3;;;;/q;-1;;;;. The molecular weight excluding hydrogens is 1120 g/mol. The van der Waals surface area contributed by atoms with Crippen molar-refractivity contribution in [3.05, 3.63) is 7.43 Å². The molecule has 0 amide bonds. The average Bonchev–Trinajstić information content (AvgIpc) is 0.918. The molecule has 8 heavy (non-hydrogen) atoms. The normalized spacial score (nSPS) is 2.25. The second-order valence-corrected chi connectivity index (χ2v) is 0.267. The van der Waals surface area contributed by atoms with Crippen molar-refractivity contribution in [3.8, 4) is 0 Å². The molecule has 0 radical (unpaired) electrons. The van der Waals surface area contributed by atoms with E-state index in [0.717, 1.165) is 0 Å². The molecule has 0 N–H and O–H groups in total. The van der Waals surface area contributed by atoms with Crippen molar-refractivity contribution in [1.29, 1.82) is 0 Å². The van der Waals surface area contributed by atoms with E-state index < -0.39 is 0 Å². The van der Waals surface area contributed by atoms with E-state index >= 15 is 0 Å². The van der Waals surface area contributed by atoms with Crippen LogP contribution in [0.15, 0.2) is 0 Å². The van der Waals surface area contributed by atoms with Crippen molar-refractivity contribution in [1.82, 2.24) is 0 Å². The number of rotatable bonds is 0. The Balaban J connectivity index is -0.00000000200. The van der Waals surface area contributed by atoms with Gasteiger partial charge in [0.15, 0.2) is 0 Å². The van der Waals surface area contributed by atoms with E-state index in [-0.39, 0.29) is 14.1 Å². The summed E-state index contributed by atoms with van der Waals surface area (Å²) in [5.41, 5.74) is 0. The molecule has 5 heteroatoms. The van der Waals surface area contributed by atoms with Gasteiger partial charge in [-0.15, -0.1) is 0 Å². The van der Waals surface area contributed by atoms with Crippen molar-refractivity contribution < 1.29 is 4.39 Å². The van der Waals surface area contributed by atoms with E-state index in [2.05, 4.69) is 0 Å². The van der Waals surface area contributed by atoms with Crippen LogP contribution >= 0.6 is 0 Å². The third kappa shape index (κ3) is 0.101. The van der Waals surface area contributed by atoms with Crippen LogP contribution in [0.4, 0.5) is 4.39 Å². The van der Waals surface area contributed by atoms with E-state index in [1.54, 1.807) is 0 Å². The van der Waals surface area contributed by atoms with Crippen LogP contribution in [-0.2, 0) is 0 Å². The van der Waals surface area contributed by atoms with Crippen LogP contribution in [0, 0.1) is 7.43 Å². The Bertz CT molecular complexity index is 11.2. The molecule has 0 aliphatic rings. The summed E-state index contributed by atoms with van der Waals surface area (Å²) in [6.45, 7) is 1.21. The molecule has 0 rings (SSSR count). The van der Waals surface area contributed by atoms with Crippen molar-refractivity contribution in [2.24, 2.45) is 0 Å². The molecule has 0 aliphatic carbocycles. The summed E-state index contributed by atoms with van der Waals surface area (Å²) in [7, 11) is 0. The third-order valence-electron chi connectivity index (χ3n) is 0. The Labute approximate surface area is 26.6 Å². The first kappa shape index (κ1) is 7.87. The fourth-order valence-electron chi connectivity index (χ4n) is 0. The summed E-state index contributed by atoms with van der Waals surface area (Å²) in [6.07, 6.45) is 0. The summed E-state index contributed by atoms with van der Waals surface area (Å²) >= 11 is 0. The Morgan fingerprint density at radius 2 is 1.00 bits per heavy atom. The van der Waals surface area contributed by atoms with Crippen LogP contribution in [-0.4, -0.2) is 6.67 Å². The first-order valence-electron chi connectivity index (χ1n) is 0.974. The zero-order valence-electron chi connectivity index (χ0n) is 5.91. The quantitative estimate of drug-likeness (QED) is 0.323. The summed E-state index contributed by atoms with van der Waals surface area (Å²) in [5.74, 6) is 0. The van der Waals surface area contributed by atoms with E-state index in [1.807, 2.05) is 0 Å². The molecule has 0 heterocycles. The van der Waals surface area contributed by atoms with Gasteiger partial charge < -0.3 is 7.43 Å². The predicted molar refractivity (Wildman–Crippen MR) is 18.1 cm³/mol. The number of alkyl halides is 1. The maximum absolute atomic E-state index is 10.3. The molecule has 0 nitrogen and oxygen atoms in total. The monoisotopic (exact) mass is 1130 g/mol. The molecule has 0 atom stereocenters. The number of hydrogen-bond acceptors (Lipinski definition) is 0. The largest absolute Gasteiger partial charge is 0.358 e. The van der Waals surface area contributed by atoms with Gasteiger partial charge >= 0.3 is 0 Å². The van der Waals surface area contributed by atoms with Gasteiger partial charge in [-0.25, -0.2) is 0 Å². The molecule has 0 aromatic rings. The van der Waals surface area contributed by atoms with E-state index in [9.17, 15) is 4.39 Å². The van der Waals surface area contributed by atoms with Crippen LogP contribution in [0.25, 0.3) is 0 Å². The summed E-state index contributed by atoms with van der Waals surface area (Å²) in [6, 6.07) is 0. The van der Waals surface area contributed by atoms with Gasteiger partial charge in [0.2, 0.25) is 0 Å². The molecule has 0 unspecified atom stereocenters. The van der Waals surface area contributed by atoms with Gasteiger partial charge in [0.25, 0.3) is 0 Å². The number of hydrogen-bond donors (Lipinski definition) is 0. The molecule has 0 aliphatic heterocycles. The molecule has 0 spiro atoms. The van der Waals surface area contributed by atoms with Gasteiger partial charge in [-0.1, -0.05) is 0 Å². The maximum atomic E-state index is 10.3. The topological polar surface area (TPSA) is 0 Å². The smallest absolute Gasteiger partial charge is 0.0866 e. The average molecular weight is 1130 g/mol. The van der Waals surface area contributed by atoms with Crippen molar-refractivity contribution in [2.75, 3.05) is 6.67 Å². The van der Waals surface area contributed by atoms with Crippen LogP contribution in [0.2, 0.25) is 0 Å². The van der Waals surface area contributed by atoms with Crippen LogP contribution in [0.5, 0.6) is 0 Å². The summed E-state index contributed by atoms with van der Waals surface area (Å²) in [5, 5.41) is 0. The minimum absolute atomic E-state index is 0. The first-order chi connectivity index (χ1) is 1.41. The molecule has 0 bridgehead atoms. The molecule has 0 fully saturated rings. The van der Waals surface area contributed by atoms with Gasteiger partial charge in [-0.05, 0) is 6.92 Å². The van der Waals surface area contributed by atoms with Gasteiger partial charge in [-0.3, -0.25) is 4.39 Å². The molecule has 0 saturated heterocycles. The molecular formula is C3H8FRf4-. The van der Waals surface area contributed by atoms with Crippen molar-refractivity contribution in [2.45, 2.75) is 6.92 Å². The predicted octanol–water partition coefficient (Wildman–Crippen LogP) is 1.43. The fraction of sp³-hybridized carbons (Fsp3) is 0.667. The van der Waals surface area contributed by atoms with Gasteiger partial charge in [-0.2, -0.15) is 0 Å². The fourth-order valence-corrected chi connectivity index (χ4v) is 0. The Morgan fingerprint density at radius 1 is 1.00 bits per heavy atom. The number of halogens is 1. The molecule has 0 saturated carbocycles. The molecule has 0 aromatic carbocycles. The summed E-state index contributed by atoms with van der Waals surface area (Å²) < 4.78 is 10.3. The minimum atomic E-state index is -0.250. The second-order valence-electron chi connectivity index (χ2n) is 0.267. The maximum Gasteiger partial charge on any atom is 0.0866 e. The zero-order valence-corrected chi connectivity index (χ0v) is 31.5. The zero-order chi connectivity index (χ0) is 2.71. The Kier molecular flexibility index (Phi) is 1.14. The first-order valence-corrected chi connectivity index (χ1v) is 0.974. The molecule has 36 valence electrons. The van der Waals surface area contributed by atoms with Crippen molar-refractivity contribution in [3.63, 3.8) is 0 Å². The van der Waals surface area contributed by atoms with Gasteiger partial charge in [0, 0.05) is 0 Å². The summed E-state index contributed by atoms with van der Waals surface area (Å²) in [4.78, 5) is 0. The molecule has 0 aromatic heterocycles. The van der Waals surface area contributed by atoms with Gasteiger partial charge in [0.05, 0.1) is 6.67 Å². The second kappa shape index (κ2) is 1.16. The van der Waals surface area contributed by atoms with E-state index in [1.165, 1.54) is 6.92 Å². The third-order valence-corrected chi connectivity index (χ3v) is 0. The van der Waals surface area contributed by atoms with E-state index in [4.69, 9.17) is 0 Å².